The molecule has 0 heterocycles. The van der Waals surface area contributed by atoms with Crippen molar-refractivity contribution < 1.29 is 14.6 Å². The molecule has 78 valence electrons. The van der Waals surface area contributed by atoms with Crippen molar-refractivity contribution in [3.05, 3.63) is 33.3 Å². The van der Waals surface area contributed by atoms with Crippen molar-refractivity contribution in [2.24, 2.45) is 0 Å². The Morgan fingerprint density at radius 3 is 2.80 bits per heavy atom. The number of hydrogen-bond donors (Lipinski definition) is 1. The summed E-state index contributed by atoms with van der Waals surface area (Å²) in [5.74, 6) is -0.572. The van der Waals surface area contributed by atoms with Crippen LogP contribution in [0.1, 0.15) is 21.5 Å². The molecular weight excluding hydrogens is 262 g/mol. The third kappa shape index (κ3) is 2.35. The van der Waals surface area contributed by atoms with Crippen LogP contribution in [0.25, 0.3) is 0 Å². The minimum Gasteiger partial charge on any atom is -0.465 e. The summed E-state index contributed by atoms with van der Waals surface area (Å²) >= 11 is 3.17. The van der Waals surface area contributed by atoms with E-state index in [2.05, 4.69) is 20.7 Å². The van der Waals surface area contributed by atoms with Crippen molar-refractivity contribution in [1.29, 1.82) is 5.26 Å². The number of hydrogen-bond acceptors (Lipinski definition) is 4. The summed E-state index contributed by atoms with van der Waals surface area (Å²) in [7, 11) is 1.25. The number of halogens is 1. The topological polar surface area (TPSA) is 70.3 Å². The van der Waals surface area contributed by atoms with Gasteiger partial charge in [0.1, 0.15) is 0 Å². The van der Waals surface area contributed by atoms with Gasteiger partial charge in [-0.05, 0) is 12.1 Å². The molecule has 0 aliphatic rings. The summed E-state index contributed by atoms with van der Waals surface area (Å²) in [5.41, 5.74) is 0.741. The van der Waals surface area contributed by atoms with Crippen LogP contribution < -0.4 is 0 Å². The standard InChI is InChI=1S/C10H8BrNO3/c1-15-10(14)8-3-7(11)2-6(4-12)9(8)5-13/h2-3,13H,5H2,1H3. The number of rotatable bonds is 2. The molecule has 5 heteroatoms. The average molecular weight is 270 g/mol. The van der Waals surface area contributed by atoms with Gasteiger partial charge in [0.25, 0.3) is 0 Å². The summed E-state index contributed by atoms with van der Waals surface area (Å²) < 4.78 is 5.15. The van der Waals surface area contributed by atoms with Crippen LogP contribution in [-0.2, 0) is 11.3 Å². The molecular formula is C10H8BrNO3. The summed E-state index contributed by atoms with van der Waals surface area (Å²) in [4.78, 5) is 11.3. The molecule has 0 amide bonds. The smallest absolute Gasteiger partial charge is 0.338 e. The number of aliphatic hydroxyl groups is 1. The predicted molar refractivity (Wildman–Crippen MR) is 56.1 cm³/mol. The number of ether oxygens (including phenoxy) is 1. The molecule has 0 unspecified atom stereocenters. The minimum absolute atomic E-state index is 0.200. The lowest BCUT2D eigenvalue weighted by molar-refractivity contribution is 0.0597. The highest BCUT2D eigenvalue weighted by molar-refractivity contribution is 9.10. The Balaban J connectivity index is 3.43. The zero-order chi connectivity index (χ0) is 11.4. The van der Waals surface area contributed by atoms with Crippen LogP contribution in [0.4, 0.5) is 0 Å². The second kappa shape index (κ2) is 4.91. The van der Waals surface area contributed by atoms with Crippen molar-refractivity contribution in [3.8, 4) is 6.07 Å². The van der Waals surface area contributed by atoms with E-state index in [0.29, 0.717) is 4.47 Å². The van der Waals surface area contributed by atoms with Crippen LogP contribution in [0.2, 0.25) is 0 Å². The van der Waals surface area contributed by atoms with Crippen molar-refractivity contribution in [2.45, 2.75) is 6.61 Å². The van der Waals surface area contributed by atoms with E-state index < -0.39 is 5.97 Å². The molecule has 1 N–H and O–H groups in total. The third-order valence-electron chi connectivity index (χ3n) is 1.90. The number of esters is 1. The van der Waals surface area contributed by atoms with Crippen LogP contribution in [0.5, 0.6) is 0 Å². The quantitative estimate of drug-likeness (QED) is 0.828. The van der Waals surface area contributed by atoms with E-state index in [4.69, 9.17) is 10.4 Å². The Morgan fingerprint density at radius 1 is 1.67 bits per heavy atom. The van der Waals surface area contributed by atoms with Crippen LogP contribution >= 0.6 is 15.9 Å². The second-order valence-corrected chi connectivity index (χ2v) is 3.66. The first kappa shape index (κ1) is 11.7. The lowest BCUT2D eigenvalue weighted by Crippen LogP contribution is -2.07. The van der Waals surface area contributed by atoms with Crippen molar-refractivity contribution in [2.75, 3.05) is 7.11 Å². The van der Waals surface area contributed by atoms with Gasteiger partial charge in [0, 0.05) is 10.0 Å². The van der Waals surface area contributed by atoms with E-state index in [-0.39, 0.29) is 23.3 Å². The van der Waals surface area contributed by atoms with Gasteiger partial charge in [0.2, 0.25) is 0 Å². The highest BCUT2D eigenvalue weighted by Gasteiger charge is 2.15. The first-order chi connectivity index (χ1) is 7.13. The molecule has 0 radical (unpaired) electrons. The Labute approximate surface area is 95.2 Å². The number of carbonyl (C=O) groups is 1. The largest absolute Gasteiger partial charge is 0.465 e. The van der Waals surface area contributed by atoms with E-state index in [1.807, 2.05) is 6.07 Å². The highest BCUT2D eigenvalue weighted by atomic mass is 79.9. The van der Waals surface area contributed by atoms with Gasteiger partial charge >= 0.3 is 5.97 Å². The Kier molecular flexibility index (Phi) is 3.83. The summed E-state index contributed by atoms with van der Waals surface area (Å²) in [6.07, 6.45) is 0. The predicted octanol–water partition coefficient (Wildman–Crippen LogP) is 1.60. The number of methoxy groups -OCH3 is 1. The molecule has 0 aliphatic carbocycles. The van der Waals surface area contributed by atoms with Gasteiger partial charge in [-0.3, -0.25) is 0 Å². The Bertz CT molecular complexity index is 437. The maximum atomic E-state index is 11.3. The van der Waals surface area contributed by atoms with Crippen LogP contribution in [0.15, 0.2) is 16.6 Å². The molecule has 1 aromatic carbocycles. The molecule has 4 nitrogen and oxygen atoms in total. The normalized spacial score (nSPS) is 9.47. The van der Waals surface area contributed by atoms with Crippen molar-refractivity contribution in [3.63, 3.8) is 0 Å². The monoisotopic (exact) mass is 269 g/mol. The van der Waals surface area contributed by atoms with Crippen LogP contribution in [0, 0.1) is 11.3 Å². The van der Waals surface area contributed by atoms with Crippen molar-refractivity contribution in [1.82, 2.24) is 0 Å². The SMILES string of the molecule is COC(=O)c1cc(Br)cc(C#N)c1CO. The van der Waals surface area contributed by atoms with E-state index in [1.54, 1.807) is 0 Å². The maximum absolute atomic E-state index is 11.3. The first-order valence-corrected chi connectivity index (χ1v) is 4.85. The molecule has 1 aromatic rings. The van der Waals surface area contributed by atoms with Crippen LogP contribution in [0.3, 0.4) is 0 Å². The molecule has 0 aliphatic heterocycles. The summed E-state index contributed by atoms with van der Waals surface area (Å²) in [6, 6.07) is 4.96. The number of aliphatic hydroxyl groups excluding tert-OH is 1. The fourth-order valence-corrected chi connectivity index (χ4v) is 1.66. The maximum Gasteiger partial charge on any atom is 0.338 e. The zero-order valence-electron chi connectivity index (χ0n) is 7.95. The molecule has 0 saturated carbocycles. The lowest BCUT2D eigenvalue weighted by atomic mass is 10.0. The average Bonchev–Trinajstić information content (AvgIpc) is 2.26. The molecule has 0 fully saturated rings. The fraction of sp³-hybridized carbons (Fsp3) is 0.200. The van der Waals surface area contributed by atoms with Gasteiger partial charge in [-0.2, -0.15) is 5.26 Å². The second-order valence-electron chi connectivity index (χ2n) is 2.74. The van der Waals surface area contributed by atoms with Crippen molar-refractivity contribution >= 4 is 21.9 Å². The number of benzene rings is 1. The van der Waals surface area contributed by atoms with E-state index in [0.717, 1.165) is 0 Å². The van der Waals surface area contributed by atoms with Crippen LogP contribution in [-0.4, -0.2) is 18.2 Å². The van der Waals surface area contributed by atoms with Gasteiger partial charge in [-0.25, -0.2) is 4.79 Å². The molecule has 1 rings (SSSR count). The lowest BCUT2D eigenvalue weighted by Gasteiger charge is -2.07. The van der Waals surface area contributed by atoms with Gasteiger partial charge in [0.15, 0.2) is 0 Å². The fourth-order valence-electron chi connectivity index (χ4n) is 1.20. The van der Waals surface area contributed by atoms with Gasteiger partial charge in [0.05, 0.1) is 30.9 Å². The number of carbonyl (C=O) groups excluding carboxylic acids is 1. The van der Waals surface area contributed by atoms with Gasteiger partial charge < -0.3 is 9.84 Å². The number of nitriles is 1. The number of nitrogens with zero attached hydrogens (tertiary/aromatic N) is 1. The summed E-state index contributed by atoms with van der Waals surface area (Å²) in [6.45, 7) is -0.374. The van der Waals surface area contributed by atoms with Gasteiger partial charge in [-0.1, -0.05) is 15.9 Å². The molecule has 0 saturated heterocycles. The Hall–Kier alpha value is -1.38. The highest BCUT2D eigenvalue weighted by Crippen LogP contribution is 2.22. The molecule has 0 aromatic heterocycles. The van der Waals surface area contributed by atoms with E-state index in [9.17, 15) is 4.79 Å². The first-order valence-electron chi connectivity index (χ1n) is 4.05. The van der Waals surface area contributed by atoms with Gasteiger partial charge in [-0.15, -0.1) is 0 Å². The Morgan fingerprint density at radius 2 is 2.33 bits per heavy atom. The third-order valence-corrected chi connectivity index (χ3v) is 2.36. The molecule has 0 atom stereocenters. The molecule has 0 bridgehead atoms. The molecule has 15 heavy (non-hydrogen) atoms. The van der Waals surface area contributed by atoms with E-state index >= 15 is 0 Å². The zero-order valence-corrected chi connectivity index (χ0v) is 9.54. The summed E-state index contributed by atoms with van der Waals surface area (Å²) in [5, 5.41) is 17.9. The molecule has 0 spiro atoms. The van der Waals surface area contributed by atoms with E-state index in [1.165, 1.54) is 19.2 Å². The minimum atomic E-state index is -0.572.